The molecule has 3 rings (SSSR count). The van der Waals surface area contributed by atoms with E-state index in [0.29, 0.717) is 0 Å². The Hall–Kier alpha value is -0.510. The van der Waals surface area contributed by atoms with Crippen LogP contribution in [0.3, 0.4) is 0 Å². The summed E-state index contributed by atoms with van der Waals surface area (Å²) in [6.07, 6.45) is 9.35. The van der Waals surface area contributed by atoms with Gasteiger partial charge < -0.3 is 5.11 Å². The zero-order valence-corrected chi connectivity index (χ0v) is 7.97. The van der Waals surface area contributed by atoms with Gasteiger partial charge in [0.2, 0.25) is 0 Å². The first-order valence-corrected chi connectivity index (χ1v) is 5.48. The monoisotopic (exact) mass is 193 g/mol. The van der Waals surface area contributed by atoms with E-state index < -0.39 is 5.72 Å². The highest BCUT2D eigenvalue weighted by molar-refractivity contribution is 8.03. The summed E-state index contributed by atoms with van der Waals surface area (Å²) in [4.78, 5) is 1.09. The van der Waals surface area contributed by atoms with Crippen molar-refractivity contribution in [1.82, 2.24) is 5.32 Å². The summed E-state index contributed by atoms with van der Waals surface area (Å²) in [5, 5.41) is 13.5. The molecule has 1 fully saturated rings. The van der Waals surface area contributed by atoms with Crippen molar-refractivity contribution in [3.8, 4) is 0 Å². The van der Waals surface area contributed by atoms with E-state index in [1.807, 2.05) is 0 Å². The number of nitrogens with one attached hydrogen (secondary N) is 1. The summed E-state index contributed by atoms with van der Waals surface area (Å²) in [6.45, 7) is 0. The third-order valence-corrected chi connectivity index (χ3v) is 3.97. The van der Waals surface area contributed by atoms with Crippen molar-refractivity contribution in [3.63, 3.8) is 0 Å². The van der Waals surface area contributed by atoms with Gasteiger partial charge >= 0.3 is 0 Å². The summed E-state index contributed by atoms with van der Waals surface area (Å²) in [7, 11) is 0. The van der Waals surface area contributed by atoms with Crippen molar-refractivity contribution < 1.29 is 5.11 Å². The fraction of sp³-hybridized carbons (Fsp3) is 0.400. The lowest BCUT2D eigenvalue weighted by Gasteiger charge is -2.29. The fourth-order valence-electron chi connectivity index (χ4n) is 2.23. The molecule has 0 bridgehead atoms. The Kier molecular flexibility index (Phi) is 1.51. The molecule has 2 unspecified atom stereocenters. The summed E-state index contributed by atoms with van der Waals surface area (Å²) >= 11 is 1.71. The molecule has 2 aliphatic carbocycles. The Morgan fingerprint density at radius 1 is 1.62 bits per heavy atom. The quantitative estimate of drug-likeness (QED) is 0.609. The van der Waals surface area contributed by atoms with Gasteiger partial charge in [-0.1, -0.05) is 18.2 Å². The Labute approximate surface area is 81.4 Å². The highest BCUT2D eigenvalue weighted by atomic mass is 32.2. The van der Waals surface area contributed by atoms with Gasteiger partial charge in [0.1, 0.15) is 0 Å². The van der Waals surface area contributed by atoms with Crippen molar-refractivity contribution in [2.24, 2.45) is 5.92 Å². The van der Waals surface area contributed by atoms with Crippen LogP contribution in [0.5, 0.6) is 0 Å². The largest absolute Gasteiger partial charge is 0.370 e. The predicted molar refractivity (Wildman–Crippen MR) is 54.0 cm³/mol. The Morgan fingerprint density at radius 3 is 3.46 bits per heavy atom. The molecule has 2 nitrogen and oxygen atoms in total. The molecule has 1 saturated heterocycles. The average molecular weight is 193 g/mol. The fourth-order valence-corrected chi connectivity index (χ4v) is 3.33. The van der Waals surface area contributed by atoms with Gasteiger partial charge in [-0.3, -0.25) is 5.32 Å². The van der Waals surface area contributed by atoms with Gasteiger partial charge in [0.25, 0.3) is 0 Å². The molecule has 68 valence electrons. The van der Waals surface area contributed by atoms with Crippen molar-refractivity contribution in [3.05, 3.63) is 34.8 Å². The van der Waals surface area contributed by atoms with E-state index in [4.69, 9.17) is 0 Å². The van der Waals surface area contributed by atoms with Crippen LogP contribution in [0.15, 0.2) is 34.8 Å². The minimum Gasteiger partial charge on any atom is -0.370 e. The number of hydrogen-bond acceptors (Lipinski definition) is 3. The molecule has 0 aromatic heterocycles. The normalized spacial score (nSPS) is 41.2. The Balaban J connectivity index is 2.09. The number of thioether (sulfide) groups is 1. The van der Waals surface area contributed by atoms with Crippen LogP contribution < -0.4 is 5.32 Å². The van der Waals surface area contributed by atoms with Crippen LogP contribution in [0.25, 0.3) is 0 Å². The van der Waals surface area contributed by atoms with Gasteiger partial charge in [0, 0.05) is 16.7 Å². The topological polar surface area (TPSA) is 32.3 Å². The minimum absolute atomic E-state index is 0.238. The SMILES string of the molecule is OC12NCSC1=CC1=CC=CCC12. The van der Waals surface area contributed by atoms with E-state index >= 15 is 0 Å². The standard InChI is InChI=1S/C10H11NOS/c12-10-8-4-2-1-3-7(8)5-9(10)13-6-11-10/h1-3,5,8,11-12H,4,6H2. The van der Waals surface area contributed by atoms with E-state index in [-0.39, 0.29) is 5.92 Å². The molecule has 0 saturated carbocycles. The zero-order valence-electron chi connectivity index (χ0n) is 7.16. The van der Waals surface area contributed by atoms with Gasteiger partial charge in [0.05, 0.1) is 0 Å². The van der Waals surface area contributed by atoms with Crippen LogP contribution in [0.1, 0.15) is 6.42 Å². The minimum atomic E-state index is -0.749. The molecule has 2 N–H and O–H groups in total. The third kappa shape index (κ3) is 0.923. The summed E-state index contributed by atoms with van der Waals surface area (Å²) in [5.74, 6) is 1.07. The molecule has 0 radical (unpaired) electrons. The van der Waals surface area contributed by atoms with Gasteiger partial charge in [0.15, 0.2) is 5.72 Å². The van der Waals surface area contributed by atoms with Crippen LogP contribution in [0, 0.1) is 5.92 Å². The maximum absolute atomic E-state index is 10.4. The molecule has 1 heterocycles. The van der Waals surface area contributed by atoms with Crippen molar-refractivity contribution in [2.75, 3.05) is 5.88 Å². The molecule has 1 aliphatic heterocycles. The molecule has 0 spiro atoms. The second-order valence-corrected chi connectivity index (χ2v) is 4.64. The van der Waals surface area contributed by atoms with Crippen molar-refractivity contribution in [1.29, 1.82) is 0 Å². The number of aliphatic hydroxyl groups is 1. The molecule has 2 atom stereocenters. The van der Waals surface area contributed by atoms with Crippen LogP contribution in [0.4, 0.5) is 0 Å². The highest BCUT2D eigenvalue weighted by Gasteiger charge is 2.49. The molecular weight excluding hydrogens is 182 g/mol. The number of allylic oxidation sites excluding steroid dienone is 4. The second kappa shape index (κ2) is 2.50. The van der Waals surface area contributed by atoms with E-state index in [1.165, 1.54) is 5.57 Å². The maximum atomic E-state index is 10.4. The molecule has 3 aliphatic rings. The lowest BCUT2D eigenvalue weighted by Crippen LogP contribution is -2.46. The van der Waals surface area contributed by atoms with Gasteiger partial charge in [-0.05, 0) is 18.1 Å². The van der Waals surface area contributed by atoms with E-state index in [9.17, 15) is 5.11 Å². The highest BCUT2D eigenvalue weighted by Crippen LogP contribution is 2.49. The summed E-state index contributed by atoms with van der Waals surface area (Å²) < 4.78 is 0. The first-order valence-electron chi connectivity index (χ1n) is 4.50. The second-order valence-electron chi connectivity index (χ2n) is 3.62. The molecule has 3 heteroatoms. The van der Waals surface area contributed by atoms with Crippen LogP contribution in [-0.2, 0) is 0 Å². The number of fused-ring (bicyclic) bond motifs is 3. The molecule has 0 amide bonds. The van der Waals surface area contributed by atoms with Gasteiger partial charge in [-0.25, -0.2) is 0 Å². The van der Waals surface area contributed by atoms with Crippen LogP contribution in [0.2, 0.25) is 0 Å². The number of rotatable bonds is 0. The first kappa shape index (κ1) is 7.85. The van der Waals surface area contributed by atoms with Gasteiger partial charge in [-0.2, -0.15) is 0 Å². The molecular formula is C10H11NOS. The molecule has 13 heavy (non-hydrogen) atoms. The first-order chi connectivity index (χ1) is 6.31. The summed E-state index contributed by atoms with van der Waals surface area (Å²) in [5.41, 5.74) is 0.515. The lowest BCUT2D eigenvalue weighted by molar-refractivity contribution is 0.0253. The van der Waals surface area contributed by atoms with E-state index in [0.717, 1.165) is 17.2 Å². The smallest absolute Gasteiger partial charge is 0.155 e. The zero-order chi connectivity index (χ0) is 8.89. The summed E-state index contributed by atoms with van der Waals surface area (Å²) in [6, 6.07) is 0. The Bertz CT molecular complexity index is 345. The van der Waals surface area contributed by atoms with Crippen LogP contribution in [-0.4, -0.2) is 16.7 Å². The van der Waals surface area contributed by atoms with Crippen LogP contribution >= 0.6 is 11.8 Å². The molecule has 0 aromatic rings. The van der Waals surface area contributed by atoms with E-state index in [1.54, 1.807) is 11.8 Å². The van der Waals surface area contributed by atoms with Gasteiger partial charge in [-0.15, -0.1) is 11.8 Å². The Morgan fingerprint density at radius 2 is 2.54 bits per heavy atom. The number of hydrogen-bond donors (Lipinski definition) is 2. The van der Waals surface area contributed by atoms with Crippen molar-refractivity contribution >= 4 is 11.8 Å². The molecule has 0 aromatic carbocycles. The van der Waals surface area contributed by atoms with Crippen molar-refractivity contribution in [2.45, 2.75) is 12.1 Å². The van der Waals surface area contributed by atoms with E-state index in [2.05, 4.69) is 29.6 Å². The predicted octanol–water partition coefficient (Wildman–Crippen LogP) is 1.37. The third-order valence-electron chi connectivity index (χ3n) is 2.95. The maximum Gasteiger partial charge on any atom is 0.155 e. The average Bonchev–Trinajstić information content (AvgIpc) is 2.60. The lowest BCUT2D eigenvalue weighted by atomic mass is 9.88.